The molecule has 0 bridgehead atoms. The van der Waals surface area contributed by atoms with E-state index in [0.717, 1.165) is 0 Å². The molecule has 18 heavy (non-hydrogen) atoms. The first-order valence-electron chi connectivity index (χ1n) is 5.70. The van der Waals surface area contributed by atoms with Crippen LogP contribution < -0.4 is 14.2 Å². The van der Waals surface area contributed by atoms with Crippen LogP contribution in [0.5, 0.6) is 17.2 Å². The van der Waals surface area contributed by atoms with E-state index in [2.05, 4.69) is 0 Å². The van der Waals surface area contributed by atoms with Crippen molar-refractivity contribution in [2.75, 3.05) is 7.11 Å². The maximum Gasteiger partial charge on any atom is 0.311 e. The van der Waals surface area contributed by atoms with Gasteiger partial charge in [0.1, 0.15) is 0 Å². The molecular formula is C13H16O5. The number of carbonyl (C=O) groups excluding carboxylic acids is 2. The number of benzene rings is 1. The summed E-state index contributed by atoms with van der Waals surface area (Å²) in [4.78, 5) is 22.6. The molecule has 1 aromatic rings. The molecule has 0 radical (unpaired) electrons. The molecular weight excluding hydrogens is 236 g/mol. The zero-order valence-electron chi connectivity index (χ0n) is 10.7. The molecule has 1 rings (SSSR count). The van der Waals surface area contributed by atoms with Crippen LogP contribution in [0.4, 0.5) is 0 Å². The van der Waals surface area contributed by atoms with Gasteiger partial charge in [-0.1, -0.05) is 19.9 Å². The third kappa shape index (κ3) is 3.48. The second-order valence-corrected chi connectivity index (χ2v) is 3.44. The molecule has 0 aliphatic heterocycles. The van der Waals surface area contributed by atoms with Crippen molar-refractivity contribution >= 4 is 11.9 Å². The van der Waals surface area contributed by atoms with Gasteiger partial charge < -0.3 is 14.2 Å². The van der Waals surface area contributed by atoms with Crippen molar-refractivity contribution in [3.8, 4) is 17.2 Å². The summed E-state index contributed by atoms with van der Waals surface area (Å²) in [5.74, 6) is -0.166. The van der Waals surface area contributed by atoms with Gasteiger partial charge in [-0.25, -0.2) is 0 Å². The number of hydrogen-bond acceptors (Lipinski definition) is 5. The van der Waals surface area contributed by atoms with E-state index >= 15 is 0 Å². The predicted molar refractivity (Wildman–Crippen MR) is 64.8 cm³/mol. The van der Waals surface area contributed by atoms with Crippen LogP contribution in [0.2, 0.25) is 0 Å². The highest BCUT2D eigenvalue weighted by molar-refractivity contribution is 5.77. The average molecular weight is 252 g/mol. The summed E-state index contributed by atoms with van der Waals surface area (Å²) < 4.78 is 15.3. The second kappa shape index (κ2) is 6.64. The Morgan fingerprint density at radius 3 is 2.11 bits per heavy atom. The minimum Gasteiger partial charge on any atom is -0.493 e. The number of esters is 2. The van der Waals surface area contributed by atoms with Crippen LogP contribution in [0.15, 0.2) is 18.2 Å². The third-order valence-corrected chi connectivity index (χ3v) is 2.18. The molecule has 0 amide bonds. The van der Waals surface area contributed by atoms with Crippen LogP contribution in [0.1, 0.15) is 26.7 Å². The highest BCUT2D eigenvalue weighted by atomic mass is 16.6. The van der Waals surface area contributed by atoms with Crippen molar-refractivity contribution in [3.63, 3.8) is 0 Å². The van der Waals surface area contributed by atoms with Crippen molar-refractivity contribution in [3.05, 3.63) is 18.2 Å². The Bertz CT molecular complexity index is 439. The van der Waals surface area contributed by atoms with Crippen molar-refractivity contribution < 1.29 is 23.8 Å². The number of carbonyl (C=O) groups is 2. The highest BCUT2D eigenvalue weighted by Crippen LogP contribution is 2.37. The van der Waals surface area contributed by atoms with Gasteiger partial charge in [-0.15, -0.1) is 0 Å². The Morgan fingerprint density at radius 2 is 1.56 bits per heavy atom. The standard InChI is InChI=1S/C13H16O5/c1-4-11(14)17-10-8-6-7-9(16-3)13(10)18-12(15)5-2/h6-8H,4-5H2,1-3H3. The lowest BCUT2D eigenvalue weighted by Gasteiger charge is -2.12. The minimum atomic E-state index is -0.423. The third-order valence-electron chi connectivity index (χ3n) is 2.18. The molecule has 0 saturated carbocycles. The molecule has 0 spiro atoms. The van der Waals surface area contributed by atoms with Gasteiger partial charge in [0.05, 0.1) is 7.11 Å². The quantitative estimate of drug-likeness (QED) is 0.594. The lowest BCUT2D eigenvalue weighted by molar-refractivity contribution is -0.136. The number of hydrogen-bond donors (Lipinski definition) is 0. The predicted octanol–water partition coefficient (Wildman–Crippen LogP) is 2.33. The SMILES string of the molecule is CCC(=O)Oc1cccc(OC)c1OC(=O)CC. The fourth-order valence-corrected chi connectivity index (χ4v) is 1.22. The van der Waals surface area contributed by atoms with Crippen molar-refractivity contribution in [2.24, 2.45) is 0 Å². The highest BCUT2D eigenvalue weighted by Gasteiger charge is 2.17. The summed E-state index contributed by atoms with van der Waals surface area (Å²) in [5, 5.41) is 0. The van der Waals surface area contributed by atoms with E-state index in [-0.39, 0.29) is 24.3 Å². The summed E-state index contributed by atoms with van der Waals surface area (Å²) >= 11 is 0. The zero-order valence-corrected chi connectivity index (χ0v) is 10.7. The van der Waals surface area contributed by atoms with Gasteiger partial charge >= 0.3 is 11.9 Å². The first-order chi connectivity index (χ1) is 8.62. The molecule has 5 heteroatoms. The molecule has 98 valence electrons. The molecule has 0 aliphatic rings. The van der Waals surface area contributed by atoms with Gasteiger partial charge in [-0.2, -0.15) is 0 Å². The molecule has 5 nitrogen and oxygen atoms in total. The largest absolute Gasteiger partial charge is 0.493 e. The van der Waals surface area contributed by atoms with Crippen LogP contribution in [0, 0.1) is 0 Å². The monoisotopic (exact) mass is 252 g/mol. The molecule has 0 unspecified atom stereocenters. The van der Waals surface area contributed by atoms with E-state index in [9.17, 15) is 9.59 Å². The Balaban J connectivity index is 3.07. The Kier molecular flexibility index (Phi) is 5.17. The van der Waals surface area contributed by atoms with E-state index in [1.165, 1.54) is 7.11 Å². The normalized spacial score (nSPS) is 9.72. The fraction of sp³-hybridized carbons (Fsp3) is 0.385. The Hall–Kier alpha value is -2.04. The summed E-state index contributed by atoms with van der Waals surface area (Å²) in [5.41, 5.74) is 0. The zero-order chi connectivity index (χ0) is 13.5. The smallest absolute Gasteiger partial charge is 0.311 e. The first kappa shape index (κ1) is 14.0. The van der Waals surface area contributed by atoms with E-state index < -0.39 is 11.9 Å². The molecule has 0 saturated heterocycles. The van der Waals surface area contributed by atoms with Crippen LogP contribution in [-0.2, 0) is 9.59 Å². The number of para-hydroxylation sites is 1. The van der Waals surface area contributed by atoms with E-state index in [4.69, 9.17) is 14.2 Å². The van der Waals surface area contributed by atoms with Gasteiger partial charge in [0.15, 0.2) is 11.5 Å². The van der Waals surface area contributed by atoms with E-state index in [0.29, 0.717) is 5.75 Å². The van der Waals surface area contributed by atoms with Gasteiger partial charge in [0.2, 0.25) is 5.75 Å². The van der Waals surface area contributed by atoms with Gasteiger partial charge in [-0.05, 0) is 12.1 Å². The van der Waals surface area contributed by atoms with Crippen molar-refractivity contribution in [1.82, 2.24) is 0 Å². The van der Waals surface area contributed by atoms with Crippen LogP contribution >= 0.6 is 0 Å². The van der Waals surface area contributed by atoms with Crippen LogP contribution in [0.25, 0.3) is 0 Å². The van der Waals surface area contributed by atoms with Gasteiger partial charge in [0, 0.05) is 12.8 Å². The number of ether oxygens (including phenoxy) is 3. The molecule has 0 atom stereocenters. The topological polar surface area (TPSA) is 61.8 Å². The van der Waals surface area contributed by atoms with Gasteiger partial charge in [-0.3, -0.25) is 9.59 Å². The maximum atomic E-state index is 11.3. The fourth-order valence-electron chi connectivity index (χ4n) is 1.22. The van der Waals surface area contributed by atoms with E-state index in [1.807, 2.05) is 0 Å². The summed E-state index contributed by atoms with van der Waals surface area (Å²) in [6.07, 6.45) is 0.456. The second-order valence-electron chi connectivity index (χ2n) is 3.44. The first-order valence-corrected chi connectivity index (χ1v) is 5.70. The molecule has 0 aliphatic carbocycles. The lowest BCUT2D eigenvalue weighted by Crippen LogP contribution is -2.11. The molecule has 0 heterocycles. The minimum absolute atomic E-state index is 0.133. The molecule has 1 aromatic carbocycles. The Morgan fingerprint density at radius 1 is 1.00 bits per heavy atom. The Labute approximate surface area is 106 Å². The van der Waals surface area contributed by atoms with Crippen LogP contribution in [0.3, 0.4) is 0 Å². The average Bonchev–Trinajstić information content (AvgIpc) is 2.40. The van der Waals surface area contributed by atoms with Crippen molar-refractivity contribution in [1.29, 1.82) is 0 Å². The summed E-state index contributed by atoms with van der Waals surface area (Å²) in [7, 11) is 1.45. The lowest BCUT2D eigenvalue weighted by atomic mass is 10.3. The maximum absolute atomic E-state index is 11.3. The van der Waals surface area contributed by atoms with Crippen LogP contribution in [-0.4, -0.2) is 19.0 Å². The van der Waals surface area contributed by atoms with Crippen molar-refractivity contribution in [2.45, 2.75) is 26.7 Å². The molecule has 0 N–H and O–H groups in total. The number of rotatable bonds is 5. The van der Waals surface area contributed by atoms with E-state index in [1.54, 1.807) is 32.0 Å². The molecule has 0 fully saturated rings. The summed E-state index contributed by atoms with van der Waals surface area (Å²) in [6, 6.07) is 4.83. The summed E-state index contributed by atoms with van der Waals surface area (Å²) in [6.45, 7) is 3.36. The van der Waals surface area contributed by atoms with Gasteiger partial charge in [0.25, 0.3) is 0 Å². The molecule has 0 aromatic heterocycles. The number of methoxy groups -OCH3 is 1.